The van der Waals surface area contributed by atoms with Crippen LogP contribution in [0.25, 0.3) is 16.6 Å². The molecule has 0 unspecified atom stereocenters. The summed E-state index contributed by atoms with van der Waals surface area (Å²) >= 11 is 0. The molecular weight excluding hydrogens is 390 g/mol. The summed E-state index contributed by atoms with van der Waals surface area (Å²) in [4.78, 5) is 26.1. The van der Waals surface area contributed by atoms with Gasteiger partial charge in [-0.1, -0.05) is 25.3 Å². The van der Waals surface area contributed by atoms with E-state index in [1.807, 2.05) is 18.2 Å². The van der Waals surface area contributed by atoms with E-state index in [9.17, 15) is 9.59 Å². The zero-order valence-electron chi connectivity index (χ0n) is 18.2. The van der Waals surface area contributed by atoms with Crippen molar-refractivity contribution in [2.45, 2.75) is 77.3 Å². The van der Waals surface area contributed by atoms with E-state index in [0.717, 1.165) is 60.9 Å². The van der Waals surface area contributed by atoms with Gasteiger partial charge in [0.2, 0.25) is 5.91 Å². The van der Waals surface area contributed by atoms with Crippen molar-refractivity contribution >= 4 is 16.8 Å². The third kappa shape index (κ3) is 3.89. The molecule has 5 rings (SSSR count). The van der Waals surface area contributed by atoms with Crippen LogP contribution in [0.3, 0.4) is 0 Å². The standard InChI is InChI=1S/C24H29N5O2/c1-15-8-11-19(12-16(15)2)29-23-20(13-25-29)22(17-9-10-17)27-28(24(23)31)14-21(30)26-18-6-4-3-5-7-18/h8,11-13,17-18H,3-7,9-10,14H2,1-2H3,(H,26,30). The number of amides is 1. The lowest BCUT2D eigenvalue weighted by Gasteiger charge is -2.22. The number of fused-ring (bicyclic) bond motifs is 1. The lowest BCUT2D eigenvalue weighted by atomic mass is 9.95. The normalized spacial score (nSPS) is 17.2. The number of nitrogens with zero attached hydrogens (tertiary/aromatic N) is 4. The van der Waals surface area contributed by atoms with Gasteiger partial charge in [-0.05, 0) is 62.8 Å². The van der Waals surface area contributed by atoms with Gasteiger partial charge in [0.05, 0.1) is 17.6 Å². The summed E-state index contributed by atoms with van der Waals surface area (Å²) in [6.07, 6.45) is 9.43. The van der Waals surface area contributed by atoms with Gasteiger partial charge >= 0.3 is 0 Å². The Labute approximate surface area is 181 Å². The van der Waals surface area contributed by atoms with E-state index in [4.69, 9.17) is 0 Å². The highest BCUT2D eigenvalue weighted by molar-refractivity contribution is 5.83. The van der Waals surface area contributed by atoms with Crippen LogP contribution in [0.5, 0.6) is 0 Å². The minimum Gasteiger partial charge on any atom is -0.352 e. The SMILES string of the molecule is Cc1ccc(-n2ncc3c(C4CC4)nn(CC(=O)NC4CCCCC4)c(=O)c32)cc1C. The van der Waals surface area contributed by atoms with Crippen molar-refractivity contribution in [3.05, 3.63) is 51.6 Å². The molecule has 1 aromatic carbocycles. The number of nitrogens with one attached hydrogen (secondary N) is 1. The monoisotopic (exact) mass is 419 g/mol. The van der Waals surface area contributed by atoms with Crippen LogP contribution in [-0.4, -0.2) is 31.5 Å². The molecule has 7 heteroatoms. The lowest BCUT2D eigenvalue weighted by molar-refractivity contribution is -0.122. The fourth-order valence-electron chi connectivity index (χ4n) is 4.57. The van der Waals surface area contributed by atoms with Gasteiger partial charge in [-0.3, -0.25) is 9.59 Å². The maximum absolute atomic E-state index is 13.4. The Kier molecular flexibility index (Phi) is 5.12. The van der Waals surface area contributed by atoms with E-state index < -0.39 is 0 Å². The molecule has 3 aromatic rings. The summed E-state index contributed by atoms with van der Waals surface area (Å²) < 4.78 is 3.04. The number of carbonyl (C=O) groups excluding carboxylic acids is 1. The van der Waals surface area contributed by atoms with Gasteiger partial charge in [-0.25, -0.2) is 9.36 Å². The molecule has 0 spiro atoms. The summed E-state index contributed by atoms with van der Waals surface area (Å²) in [5.74, 6) is 0.202. The molecule has 0 saturated heterocycles. The van der Waals surface area contributed by atoms with E-state index in [1.165, 1.54) is 16.7 Å². The molecule has 2 saturated carbocycles. The van der Waals surface area contributed by atoms with Gasteiger partial charge < -0.3 is 5.32 Å². The number of aryl methyl sites for hydroxylation is 2. The molecule has 2 aliphatic carbocycles. The minimum absolute atomic E-state index is 0.0525. The summed E-state index contributed by atoms with van der Waals surface area (Å²) in [5.41, 5.74) is 4.30. The second-order valence-electron chi connectivity index (χ2n) is 9.11. The van der Waals surface area contributed by atoms with Gasteiger partial charge in [0.1, 0.15) is 12.1 Å². The van der Waals surface area contributed by atoms with Crippen molar-refractivity contribution in [2.75, 3.05) is 0 Å². The zero-order chi connectivity index (χ0) is 21.5. The Bertz CT molecular complexity index is 1200. The zero-order valence-corrected chi connectivity index (χ0v) is 18.2. The Morgan fingerprint density at radius 1 is 1.10 bits per heavy atom. The summed E-state index contributed by atoms with van der Waals surface area (Å²) in [6, 6.07) is 6.27. The van der Waals surface area contributed by atoms with Crippen LogP contribution in [0, 0.1) is 13.8 Å². The molecule has 7 nitrogen and oxygen atoms in total. The van der Waals surface area contributed by atoms with Crippen molar-refractivity contribution < 1.29 is 4.79 Å². The highest BCUT2D eigenvalue weighted by Crippen LogP contribution is 2.41. The molecule has 2 aliphatic rings. The maximum Gasteiger partial charge on any atom is 0.293 e. The van der Waals surface area contributed by atoms with Crippen molar-refractivity contribution in [3.8, 4) is 5.69 Å². The highest BCUT2D eigenvalue weighted by atomic mass is 16.2. The van der Waals surface area contributed by atoms with Crippen LogP contribution in [-0.2, 0) is 11.3 Å². The largest absolute Gasteiger partial charge is 0.352 e. The second kappa shape index (κ2) is 7.94. The molecule has 0 aliphatic heterocycles. The summed E-state index contributed by atoms with van der Waals surface area (Å²) in [7, 11) is 0. The molecule has 0 radical (unpaired) electrons. The first-order valence-corrected chi connectivity index (χ1v) is 11.4. The number of rotatable bonds is 5. The van der Waals surface area contributed by atoms with E-state index in [2.05, 4.69) is 29.4 Å². The fourth-order valence-corrected chi connectivity index (χ4v) is 4.57. The van der Waals surface area contributed by atoms with Gasteiger partial charge in [-0.2, -0.15) is 10.2 Å². The van der Waals surface area contributed by atoms with Crippen molar-refractivity contribution in [3.63, 3.8) is 0 Å². The molecule has 0 atom stereocenters. The molecule has 0 bridgehead atoms. The van der Waals surface area contributed by atoms with Crippen LogP contribution < -0.4 is 10.9 Å². The van der Waals surface area contributed by atoms with E-state index in [0.29, 0.717) is 11.4 Å². The molecule has 2 fully saturated rings. The van der Waals surface area contributed by atoms with Gasteiger partial charge in [0.15, 0.2) is 0 Å². The summed E-state index contributed by atoms with van der Waals surface area (Å²) in [5, 5.41) is 13.1. The minimum atomic E-state index is -0.270. The lowest BCUT2D eigenvalue weighted by Crippen LogP contribution is -2.40. The predicted octanol–water partition coefficient (Wildman–Crippen LogP) is 3.53. The number of benzene rings is 1. The highest BCUT2D eigenvalue weighted by Gasteiger charge is 2.30. The average molecular weight is 420 g/mol. The van der Waals surface area contributed by atoms with E-state index in [1.54, 1.807) is 10.9 Å². The number of hydrogen-bond donors (Lipinski definition) is 1. The number of hydrogen-bond acceptors (Lipinski definition) is 4. The third-order valence-electron chi connectivity index (χ3n) is 6.67. The van der Waals surface area contributed by atoms with Crippen molar-refractivity contribution in [1.29, 1.82) is 0 Å². The van der Waals surface area contributed by atoms with Gasteiger partial charge in [0, 0.05) is 17.3 Å². The van der Waals surface area contributed by atoms with Crippen LogP contribution >= 0.6 is 0 Å². The molecule has 1 N–H and O–H groups in total. The fraction of sp³-hybridized carbons (Fsp3) is 0.500. The first kappa shape index (κ1) is 20.0. The number of carbonyl (C=O) groups is 1. The van der Waals surface area contributed by atoms with Gasteiger partial charge in [0.25, 0.3) is 5.56 Å². The molecule has 1 amide bonds. The van der Waals surface area contributed by atoms with Crippen LogP contribution in [0.4, 0.5) is 0 Å². The Hall–Kier alpha value is -2.96. The molecule has 2 aromatic heterocycles. The smallest absolute Gasteiger partial charge is 0.293 e. The van der Waals surface area contributed by atoms with Crippen molar-refractivity contribution in [2.24, 2.45) is 0 Å². The second-order valence-corrected chi connectivity index (χ2v) is 9.11. The maximum atomic E-state index is 13.4. The first-order valence-electron chi connectivity index (χ1n) is 11.4. The van der Waals surface area contributed by atoms with E-state index >= 15 is 0 Å². The molecular formula is C24H29N5O2. The quantitative estimate of drug-likeness (QED) is 0.686. The van der Waals surface area contributed by atoms with E-state index in [-0.39, 0.29) is 24.1 Å². The predicted molar refractivity (Wildman–Crippen MR) is 120 cm³/mol. The first-order chi connectivity index (χ1) is 15.0. The molecule has 162 valence electrons. The summed E-state index contributed by atoms with van der Waals surface area (Å²) in [6.45, 7) is 4.06. The van der Waals surface area contributed by atoms with Crippen LogP contribution in [0.2, 0.25) is 0 Å². The van der Waals surface area contributed by atoms with Crippen LogP contribution in [0.1, 0.15) is 67.7 Å². The number of aromatic nitrogens is 4. The Balaban J connectivity index is 1.54. The Morgan fingerprint density at radius 3 is 2.58 bits per heavy atom. The molecule has 31 heavy (non-hydrogen) atoms. The third-order valence-corrected chi connectivity index (χ3v) is 6.67. The van der Waals surface area contributed by atoms with Gasteiger partial charge in [-0.15, -0.1) is 0 Å². The average Bonchev–Trinajstić information content (AvgIpc) is 3.50. The topological polar surface area (TPSA) is 81.8 Å². The molecule has 2 heterocycles. The van der Waals surface area contributed by atoms with Crippen molar-refractivity contribution in [1.82, 2.24) is 24.9 Å². The Morgan fingerprint density at radius 2 is 1.87 bits per heavy atom. The van der Waals surface area contributed by atoms with Crippen LogP contribution in [0.15, 0.2) is 29.2 Å².